The van der Waals surface area contributed by atoms with E-state index >= 15 is 0 Å². The summed E-state index contributed by atoms with van der Waals surface area (Å²) >= 11 is 3.24. The van der Waals surface area contributed by atoms with E-state index in [-0.39, 0.29) is 18.0 Å². The van der Waals surface area contributed by atoms with Crippen LogP contribution in [-0.4, -0.2) is 62.5 Å². The van der Waals surface area contributed by atoms with Gasteiger partial charge >= 0.3 is 0 Å². The highest BCUT2D eigenvalue weighted by molar-refractivity contribution is 9.10. The lowest BCUT2D eigenvalue weighted by molar-refractivity contribution is -0.0817. The van der Waals surface area contributed by atoms with Crippen LogP contribution in [0.2, 0.25) is 0 Å². The Bertz CT molecular complexity index is 623. The van der Waals surface area contributed by atoms with Crippen molar-refractivity contribution in [1.82, 2.24) is 10.2 Å². The Balaban J connectivity index is 1.59. The molecule has 2 fully saturated rings. The van der Waals surface area contributed by atoms with Gasteiger partial charge in [-0.3, -0.25) is 4.99 Å². The minimum atomic E-state index is -0.237. The number of hydrogen-bond donors (Lipinski definition) is 1. The van der Waals surface area contributed by atoms with Crippen molar-refractivity contribution in [2.24, 2.45) is 4.99 Å². The molecule has 2 aliphatic rings. The summed E-state index contributed by atoms with van der Waals surface area (Å²) in [5.74, 6) is 0.680. The van der Waals surface area contributed by atoms with Gasteiger partial charge in [-0.15, -0.1) is 0 Å². The number of aliphatic imine (C=N–C) groups is 1. The molecule has 3 rings (SSSR count). The third kappa shape index (κ3) is 5.18. The predicted octanol–water partition coefficient (Wildman–Crippen LogP) is 2.98. The molecular formula is C19H27BrFN3O2. The fourth-order valence-corrected chi connectivity index (χ4v) is 3.83. The average Bonchev–Trinajstić information content (AvgIpc) is 3.19. The standard InChI is InChI=1S/C19H27BrFN3O2/c1-2-22-19(23-8-7-14-5-6-16(21)15(20)12-14)24-9-11-26-18(13-24)17-4-3-10-25-17/h5-6,12,17-18H,2-4,7-11,13H2,1H3,(H,22,23). The summed E-state index contributed by atoms with van der Waals surface area (Å²) in [7, 11) is 0. The molecule has 1 N–H and O–H groups in total. The number of halogens is 2. The molecule has 0 saturated carbocycles. The Hall–Kier alpha value is -1.18. The molecule has 144 valence electrons. The van der Waals surface area contributed by atoms with E-state index in [0.717, 1.165) is 57.0 Å². The van der Waals surface area contributed by atoms with Gasteiger partial charge in [-0.05, 0) is 59.8 Å². The molecule has 26 heavy (non-hydrogen) atoms. The second-order valence-electron chi connectivity index (χ2n) is 6.64. The van der Waals surface area contributed by atoms with Crippen molar-refractivity contribution in [1.29, 1.82) is 0 Å². The molecule has 1 aromatic carbocycles. The molecule has 0 radical (unpaired) electrons. The second kappa shape index (κ2) is 9.67. The van der Waals surface area contributed by atoms with Gasteiger partial charge in [-0.1, -0.05) is 6.07 Å². The van der Waals surface area contributed by atoms with Crippen LogP contribution in [0, 0.1) is 5.82 Å². The zero-order valence-electron chi connectivity index (χ0n) is 15.2. The molecule has 0 amide bonds. The first-order valence-electron chi connectivity index (χ1n) is 9.37. The zero-order chi connectivity index (χ0) is 18.4. The molecule has 5 nitrogen and oxygen atoms in total. The van der Waals surface area contributed by atoms with E-state index < -0.39 is 0 Å². The average molecular weight is 428 g/mol. The van der Waals surface area contributed by atoms with Crippen LogP contribution >= 0.6 is 15.9 Å². The summed E-state index contributed by atoms with van der Waals surface area (Å²) in [6, 6.07) is 5.12. The summed E-state index contributed by atoms with van der Waals surface area (Å²) in [6.45, 7) is 6.72. The highest BCUT2D eigenvalue weighted by Gasteiger charge is 2.32. The van der Waals surface area contributed by atoms with Gasteiger partial charge in [0.05, 0.1) is 17.2 Å². The molecule has 1 aromatic rings. The normalized spacial score (nSPS) is 24.1. The van der Waals surface area contributed by atoms with Crippen LogP contribution in [0.5, 0.6) is 0 Å². The first-order valence-corrected chi connectivity index (χ1v) is 10.2. The van der Waals surface area contributed by atoms with Crippen molar-refractivity contribution in [2.75, 3.05) is 39.4 Å². The van der Waals surface area contributed by atoms with Gasteiger partial charge in [-0.25, -0.2) is 4.39 Å². The molecule has 2 atom stereocenters. The zero-order valence-corrected chi connectivity index (χ0v) is 16.8. The van der Waals surface area contributed by atoms with Gasteiger partial charge in [0.15, 0.2) is 5.96 Å². The summed E-state index contributed by atoms with van der Waals surface area (Å²) in [5, 5.41) is 3.38. The van der Waals surface area contributed by atoms with Crippen molar-refractivity contribution >= 4 is 21.9 Å². The van der Waals surface area contributed by atoms with Crippen LogP contribution < -0.4 is 5.32 Å². The van der Waals surface area contributed by atoms with E-state index in [1.54, 1.807) is 0 Å². The topological polar surface area (TPSA) is 46.1 Å². The Kier molecular flexibility index (Phi) is 7.28. The third-order valence-electron chi connectivity index (χ3n) is 4.75. The summed E-state index contributed by atoms with van der Waals surface area (Å²) in [4.78, 5) is 7.04. The lowest BCUT2D eigenvalue weighted by atomic mass is 10.1. The first-order chi connectivity index (χ1) is 12.7. The SMILES string of the molecule is CCNC(=NCCc1ccc(F)c(Br)c1)N1CCOC(C2CCCO2)C1. The highest BCUT2D eigenvalue weighted by atomic mass is 79.9. The number of nitrogens with zero attached hydrogens (tertiary/aromatic N) is 2. The van der Waals surface area contributed by atoms with E-state index in [2.05, 4.69) is 33.1 Å². The Morgan fingerprint density at radius 1 is 1.35 bits per heavy atom. The molecule has 2 aliphatic heterocycles. The van der Waals surface area contributed by atoms with Crippen molar-refractivity contribution in [3.05, 3.63) is 34.1 Å². The van der Waals surface area contributed by atoms with E-state index in [0.29, 0.717) is 17.6 Å². The monoisotopic (exact) mass is 427 g/mol. The number of rotatable bonds is 5. The number of guanidine groups is 1. The van der Waals surface area contributed by atoms with Gasteiger partial charge in [0.1, 0.15) is 11.9 Å². The van der Waals surface area contributed by atoms with E-state index in [9.17, 15) is 4.39 Å². The van der Waals surface area contributed by atoms with Crippen molar-refractivity contribution in [3.8, 4) is 0 Å². The molecule has 2 unspecified atom stereocenters. The number of nitrogens with one attached hydrogen (secondary N) is 1. The van der Waals surface area contributed by atoms with Crippen LogP contribution in [-0.2, 0) is 15.9 Å². The van der Waals surface area contributed by atoms with E-state index in [4.69, 9.17) is 14.5 Å². The Morgan fingerprint density at radius 2 is 2.19 bits per heavy atom. The summed E-state index contributed by atoms with van der Waals surface area (Å²) in [6.07, 6.45) is 3.28. The molecule has 0 spiro atoms. The molecule has 0 aliphatic carbocycles. The smallest absolute Gasteiger partial charge is 0.194 e. The van der Waals surface area contributed by atoms with Crippen molar-refractivity contribution in [3.63, 3.8) is 0 Å². The fourth-order valence-electron chi connectivity index (χ4n) is 3.40. The van der Waals surface area contributed by atoms with E-state index in [1.807, 2.05) is 12.1 Å². The third-order valence-corrected chi connectivity index (χ3v) is 5.36. The molecule has 0 bridgehead atoms. The van der Waals surface area contributed by atoms with Gasteiger partial charge in [-0.2, -0.15) is 0 Å². The van der Waals surface area contributed by atoms with E-state index in [1.165, 1.54) is 6.07 Å². The van der Waals surface area contributed by atoms with Crippen LogP contribution in [0.1, 0.15) is 25.3 Å². The van der Waals surface area contributed by atoms with Crippen LogP contribution in [0.4, 0.5) is 4.39 Å². The number of hydrogen-bond acceptors (Lipinski definition) is 3. The molecule has 2 heterocycles. The fraction of sp³-hybridized carbons (Fsp3) is 0.632. The Morgan fingerprint density at radius 3 is 2.92 bits per heavy atom. The molecule has 2 saturated heterocycles. The second-order valence-corrected chi connectivity index (χ2v) is 7.50. The van der Waals surface area contributed by atoms with Crippen molar-refractivity contribution < 1.29 is 13.9 Å². The lowest BCUT2D eigenvalue weighted by Crippen LogP contribution is -2.53. The molecule has 7 heteroatoms. The maximum atomic E-state index is 13.3. The maximum Gasteiger partial charge on any atom is 0.194 e. The minimum Gasteiger partial charge on any atom is -0.375 e. The highest BCUT2D eigenvalue weighted by Crippen LogP contribution is 2.21. The largest absolute Gasteiger partial charge is 0.375 e. The molecule has 0 aromatic heterocycles. The van der Waals surface area contributed by atoms with Crippen LogP contribution in [0.15, 0.2) is 27.7 Å². The number of ether oxygens (including phenoxy) is 2. The first kappa shape index (κ1) is 19.6. The van der Waals surface area contributed by atoms with Crippen LogP contribution in [0.25, 0.3) is 0 Å². The lowest BCUT2D eigenvalue weighted by Gasteiger charge is -2.37. The summed E-state index contributed by atoms with van der Waals surface area (Å²) < 4.78 is 25.6. The number of morpholine rings is 1. The maximum absolute atomic E-state index is 13.3. The van der Waals surface area contributed by atoms with Gasteiger partial charge < -0.3 is 19.7 Å². The summed E-state index contributed by atoms with van der Waals surface area (Å²) in [5.41, 5.74) is 1.07. The number of benzene rings is 1. The predicted molar refractivity (Wildman–Crippen MR) is 104 cm³/mol. The van der Waals surface area contributed by atoms with Gasteiger partial charge in [0.25, 0.3) is 0 Å². The van der Waals surface area contributed by atoms with Crippen LogP contribution in [0.3, 0.4) is 0 Å². The van der Waals surface area contributed by atoms with Crippen molar-refractivity contribution in [2.45, 2.75) is 38.4 Å². The van der Waals surface area contributed by atoms with Gasteiger partial charge in [0, 0.05) is 32.8 Å². The van der Waals surface area contributed by atoms with Gasteiger partial charge in [0.2, 0.25) is 0 Å². The Labute approximate surface area is 163 Å². The quantitative estimate of drug-likeness (QED) is 0.579. The minimum absolute atomic E-state index is 0.114. The molecular weight excluding hydrogens is 401 g/mol.